The molecule has 2 aromatic rings. The highest BCUT2D eigenvalue weighted by molar-refractivity contribution is 6.04. The lowest BCUT2D eigenvalue weighted by Crippen LogP contribution is -2.34. The molecule has 6 nitrogen and oxygen atoms in total. The van der Waals surface area contributed by atoms with Crippen LogP contribution in [0.3, 0.4) is 0 Å². The van der Waals surface area contributed by atoms with Crippen LogP contribution in [0.15, 0.2) is 64.9 Å². The Balaban J connectivity index is 1.85. The highest BCUT2D eigenvalue weighted by atomic mass is 19.4. The molecule has 1 saturated heterocycles. The lowest BCUT2D eigenvalue weighted by molar-refractivity contribution is -0.137. The number of rotatable bonds is 7. The predicted octanol–water partition coefficient (Wildman–Crippen LogP) is 5.87. The van der Waals surface area contributed by atoms with E-state index in [0.717, 1.165) is 41.7 Å². The van der Waals surface area contributed by atoms with Gasteiger partial charge in [-0.3, -0.25) is 4.79 Å². The molecule has 1 amide bonds. The van der Waals surface area contributed by atoms with E-state index >= 15 is 0 Å². The third-order valence-electron chi connectivity index (χ3n) is 5.83. The molecule has 0 atom stereocenters. The first-order valence-electron chi connectivity index (χ1n) is 11.4. The minimum atomic E-state index is -4.54. The van der Waals surface area contributed by atoms with Crippen molar-refractivity contribution in [2.45, 2.75) is 38.9 Å². The van der Waals surface area contributed by atoms with Gasteiger partial charge in [-0.25, -0.2) is 4.99 Å². The molecule has 1 fully saturated rings. The number of aliphatic imine (C=N–C) groups is 1. The van der Waals surface area contributed by atoms with Crippen molar-refractivity contribution >= 4 is 23.9 Å². The van der Waals surface area contributed by atoms with E-state index in [-0.39, 0.29) is 11.6 Å². The molecular weight excluding hydrogens is 469 g/mol. The number of aryl methyl sites for hydroxylation is 1. The number of allylic oxidation sites excluding steroid dienone is 3. The minimum Gasteiger partial charge on any atom is -0.381 e. The third kappa shape index (κ3) is 6.83. The van der Waals surface area contributed by atoms with Crippen LogP contribution in [0.5, 0.6) is 0 Å². The summed E-state index contributed by atoms with van der Waals surface area (Å²) in [5.41, 5.74) is 2.13. The van der Waals surface area contributed by atoms with Gasteiger partial charge in [0.25, 0.3) is 5.91 Å². The van der Waals surface area contributed by atoms with Crippen molar-refractivity contribution in [1.29, 1.82) is 5.26 Å². The fourth-order valence-electron chi connectivity index (χ4n) is 3.86. The van der Waals surface area contributed by atoms with E-state index in [1.807, 2.05) is 13.8 Å². The van der Waals surface area contributed by atoms with Crippen LogP contribution in [-0.2, 0) is 10.9 Å². The number of amides is 1. The third-order valence-corrected chi connectivity index (χ3v) is 5.83. The van der Waals surface area contributed by atoms with Crippen molar-refractivity contribution < 1.29 is 22.7 Å². The monoisotopic (exact) mass is 496 g/mol. The van der Waals surface area contributed by atoms with E-state index in [4.69, 9.17) is 4.74 Å². The van der Waals surface area contributed by atoms with E-state index in [2.05, 4.69) is 28.4 Å². The lowest BCUT2D eigenvalue weighted by atomic mass is 9.99. The van der Waals surface area contributed by atoms with Gasteiger partial charge in [0, 0.05) is 30.5 Å². The number of carbonyl (C=O) groups is 1. The Morgan fingerprint density at radius 1 is 1.22 bits per heavy atom. The van der Waals surface area contributed by atoms with Gasteiger partial charge in [-0.15, -0.1) is 0 Å². The van der Waals surface area contributed by atoms with Crippen LogP contribution in [0.4, 0.5) is 18.9 Å². The number of alkyl halides is 3. The van der Waals surface area contributed by atoms with Crippen molar-refractivity contribution in [3.05, 3.63) is 82.2 Å². The van der Waals surface area contributed by atoms with Gasteiger partial charge < -0.3 is 15.4 Å². The number of ether oxygens (including phenoxy) is 1. The van der Waals surface area contributed by atoms with E-state index in [0.29, 0.717) is 30.3 Å². The molecule has 0 bridgehead atoms. The Hall–Kier alpha value is -3.90. The molecule has 0 aliphatic carbocycles. The molecule has 36 heavy (non-hydrogen) atoms. The standard InChI is InChI=1S/C27H27F3N4O2/c1-17-7-8-23(34-26(35)19-5-4-6-21(14-19)27(28,29)30)15-24(17)18(2)13-20(16-31)25(32-3)33-22-9-11-36-12-10-22/h4-8,13-15,22,33H,3,9-12H2,1-2H3,(H,34,35)/b18-13+,25-20-. The Bertz CT molecular complexity index is 1240. The Kier molecular flexibility index (Phi) is 8.67. The highest BCUT2D eigenvalue weighted by Crippen LogP contribution is 2.30. The Morgan fingerprint density at radius 2 is 1.94 bits per heavy atom. The SMILES string of the molecule is C=N/C(NC1CCOCC1)=C(C#N)\C=C(/C)c1cc(NC(=O)c2cccc(C(F)(F)F)c2)ccc1C. The molecule has 0 spiro atoms. The number of halogens is 3. The number of hydrogen-bond acceptors (Lipinski definition) is 5. The van der Waals surface area contributed by atoms with Crippen LogP contribution in [0.25, 0.3) is 5.57 Å². The molecule has 188 valence electrons. The first kappa shape index (κ1) is 26.7. The van der Waals surface area contributed by atoms with E-state index in [9.17, 15) is 23.2 Å². The molecule has 2 aromatic carbocycles. The summed E-state index contributed by atoms with van der Waals surface area (Å²) >= 11 is 0. The summed E-state index contributed by atoms with van der Waals surface area (Å²) in [7, 11) is 0. The van der Waals surface area contributed by atoms with Crippen molar-refractivity contribution in [3.8, 4) is 6.07 Å². The number of carbonyl (C=O) groups excluding carboxylic acids is 1. The zero-order valence-electron chi connectivity index (χ0n) is 20.1. The summed E-state index contributed by atoms with van der Waals surface area (Å²) in [6.07, 6.45) is -1.25. The first-order valence-corrected chi connectivity index (χ1v) is 11.4. The summed E-state index contributed by atoms with van der Waals surface area (Å²) in [5.74, 6) is -0.274. The molecule has 0 aromatic heterocycles. The average molecular weight is 497 g/mol. The summed E-state index contributed by atoms with van der Waals surface area (Å²) < 4.78 is 44.4. The molecule has 0 saturated carbocycles. The zero-order valence-corrected chi connectivity index (χ0v) is 20.1. The summed E-state index contributed by atoms with van der Waals surface area (Å²) in [6.45, 7) is 8.57. The number of nitrogens with zero attached hydrogens (tertiary/aromatic N) is 2. The molecule has 1 aliphatic rings. The Labute approximate surface area is 208 Å². The molecule has 0 unspecified atom stereocenters. The highest BCUT2D eigenvalue weighted by Gasteiger charge is 2.31. The van der Waals surface area contributed by atoms with Gasteiger partial charge in [0.15, 0.2) is 0 Å². The summed E-state index contributed by atoms with van der Waals surface area (Å²) in [6, 6.07) is 11.7. The lowest BCUT2D eigenvalue weighted by Gasteiger charge is -2.24. The molecule has 2 N–H and O–H groups in total. The molecule has 3 rings (SSSR count). The molecule has 0 radical (unpaired) electrons. The largest absolute Gasteiger partial charge is 0.416 e. The average Bonchev–Trinajstić information content (AvgIpc) is 2.87. The van der Waals surface area contributed by atoms with Crippen LogP contribution < -0.4 is 10.6 Å². The van der Waals surface area contributed by atoms with Crippen molar-refractivity contribution in [1.82, 2.24) is 5.32 Å². The molecular formula is C27H27F3N4O2. The normalized spacial score (nSPS) is 15.5. The minimum absolute atomic E-state index is 0.102. The summed E-state index contributed by atoms with van der Waals surface area (Å²) in [4.78, 5) is 16.6. The number of nitriles is 1. The Morgan fingerprint density at radius 3 is 2.58 bits per heavy atom. The fourth-order valence-corrected chi connectivity index (χ4v) is 3.86. The van der Waals surface area contributed by atoms with Gasteiger partial charge in [-0.2, -0.15) is 18.4 Å². The molecule has 1 aliphatic heterocycles. The topological polar surface area (TPSA) is 86.5 Å². The van der Waals surface area contributed by atoms with Crippen LogP contribution >= 0.6 is 0 Å². The van der Waals surface area contributed by atoms with Crippen molar-refractivity contribution in [3.63, 3.8) is 0 Å². The van der Waals surface area contributed by atoms with Gasteiger partial charge >= 0.3 is 6.18 Å². The van der Waals surface area contributed by atoms with Gasteiger partial charge in [-0.1, -0.05) is 12.1 Å². The quantitative estimate of drug-likeness (QED) is 0.285. The van der Waals surface area contributed by atoms with E-state index in [1.165, 1.54) is 12.1 Å². The maximum Gasteiger partial charge on any atom is 0.416 e. The number of anilines is 1. The predicted molar refractivity (Wildman–Crippen MR) is 133 cm³/mol. The molecule has 9 heteroatoms. The van der Waals surface area contributed by atoms with Gasteiger partial charge in [-0.05, 0) is 86.5 Å². The number of hydrogen-bond donors (Lipinski definition) is 2. The smallest absolute Gasteiger partial charge is 0.381 e. The fraction of sp³-hybridized carbons (Fsp3) is 0.296. The first-order chi connectivity index (χ1) is 17.1. The second-order valence-corrected chi connectivity index (χ2v) is 8.45. The van der Waals surface area contributed by atoms with Gasteiger partial charge in [0.05, 0.1) is 11.1 Å². The maximum atomic E-state index is 13.0. The van der Waals surface area contributed by atoms with Gasteiger partial charge in [0.1, 0.15) is 11.9 Å². The van der Waals surface area contributed by atoms with Crippen LogP contribution in [0, 0.1) is 18.3 Å². The van der Waals surface area contributed by atoms with Crippen molar-refractivity contribution in [2.24, 2.45) is 4.99 Å². The van der Waals surface area contributed by atoms with E-state index < -0.39 is 17.6 Å². The second-order valence-electron chi connectivity index (χ2n) is 8.45. The maximum absolute atomic E-state index is 13.0. The van der Waals surface area contributed by atoms with Crippen molar-refractivity contribution in [2.75, 3.05) is 18.5 Å². The molecule has 1 heterocycles. The second kappa shape index (κ2) is 11.7. The van der Waals surface area contributed by atoms with Crippen LogP contribution in [0.2, 0.25) is 0 Å². The zero-order chi connectivity index (χ0) is 26.3. The van der Waals surface area contributed by atoms with Gasteiger partial charge in [0.2, 0.25) is 0 Å². The number of nitrogens with one attached hydrogen (secondary N) is 2. The van der Waals surface area contributed by atoms with Crippen LogP contribution in [-0.4, -0.2) is 31.9 Å². The van der Waals surface area contributed by atoms with E-state index in [1.54, 1.807) is 24.3 Å². The van der Waals surface area contributed by atoms with Crippen LogP contribution in [0.1, 0.15) is 46.8 Å². The number of benzene rings is 2. The summed E-state index contributed by atoms with van der Waals surface area (Å²) in [5, 5.41) is 15.7.